The summed E-state index contributed by atoms with van der Waals surface area (Å²) in [7, 11) is 3.72. The van der Waals surface area contributed by atoms with Crippen LogP contribution in [-0.2, 0) is 14.4 Å². The molecule has 1 unspecified atom stereocenters. The molecule has 0 aliphatic carbocycles. The summed E-state index contributed by atoms with van der Waals surface area (Å²) in [6.07, 6.45) is 1.18. The fraction of sp³-hybridized carbons (Fsp3) is 0.357. The van der Waals surface area contributed by atoms with E-state index in [1.807, 2.05) is 25.1 Å². The van der Waals surface area contributed by atoms with Gasteiger partial charge in [0.25, 0.3) is 0 Å². The Bertz CT molecular complexity index is 589. The summed E-state index contributed by atoms with van der Waals surface area (Å²) in [5.41, 5.74) is 1.42. The number of hydrogen-bond acceptors (Lipinski definition) is 4. The summed E-state index contributed by atoms with van der Waals surface area (Å²) < 4.78 is 0.823. The van der Waals surface area contributed by atoms with Gasteiger partial charge in [0.15, 0.2) is 0 Å². The number of amides is 3. The minimum atomic E-state index is -0.673. The second-order valence-electron chi connectivity index (χ2n) is 4.98. The van der Waals surface area contributed by atoms with Crippen molar-refractivity contribution in [2.45, 2.75) is 18.9 Å². The first-order valence-corrected chi connectivity index (χ1v) is 7.28. The van der Waals surface area contributed by atoms with Gasteiger partial charge in [-0.25, -0.2) is 0 Å². The van der Waals surface area contributed by atoms with E-state index in [1.165, 1.54) is 4.90 Å². The Labute approximate surface area is 131 Å². The third-order valence-electron chi connectivity index (χ3n) is 3.35. The number of piperidine rings is 1. The van der Waals surface area contributed by atoms with Crippen molar-refractivity contribution in [3.63, 3.8) is 0 Å². The number of imide groups is 1. The summed E-state index contributed by atoms with van der Waals surface area (Å²) in [5, 5.41) is 2.27. The van der Waals surface area contributed by atoms with E-state index in [2.05, 4.69) is 21.2 Å². The monoisotopic (exact) mass is 353 g/mol. The van der Waals surface area contributed by atoms with Crippen molar-refractivity contribution in [2.75, 3.05) is 23.9 Å². The highest BCUT2D eigenvalue weighted by molar-refractivity contribution is 9.10. The first-order valence-electron chi connectivity index (χ1n) is 6.49. The highest BCUT2D eigenvalue weighted by Gasteiger charge is 2.33. The fourth-order valence-electron chi connectivity index (χ4n) is 2.40. The molecule has 0 spiro atoms. The number of nitrogens with one attached hydrogen (secondary N) is 1. The number of para-hydroxylation sites is 1. The van der Waals surface area contributed by atoms with Crippen LogP contribution in [0.15, 0.2) is 22.7 Å². The van der Waals surface area contributed by atoms with E-state index in [1.54, 1.807) is 12.1 Å². The van der Waals surface area contributed by atoms with Crippen LogP contribution in [0.4, 0.5) is 11.4 Å². The fourth-order valence-corrected chi connectivity index (χ4v) is 3.11. The van der Waals surface area contributed by atoms with Crippen molar-refractivity contribution in [3.05, 3.63) is 22.7 Å². The van der Waals surface area contributed by atoms with Crippen LogP contribution in [0.5, 0.6) is 0 Å². The average Bonchev–Trinajstić information content (AvgIpc) is 2.41. The standard InChI is InChI=1S/C14H16BrN3O3/c1-17(2)13-9(15)4-3-5-10(13)18(8-19)11-6-7-12(20)16-14(11)21/h3-5,8,11H,6-7H2,1-2H3,(H,16,20,21). The lowest BCUT2D eigenvalue weighted by atomic mass is 10.0. The van der Waals surface area contributed by atoms with Gasteiger partial charge >= 0.3 is 0 Å². The largest absolute Gasteiger partial charge is 0.375 e. The van der Waals surface area contributed by atoms with Crippen LogP contribution in [0.2, 0.25) is 0 Å². The number of anilines is 2. The zero-order valence-electron chi connectivity index (χ0n) is 11.8. The quantitative estimate of drug-likeness (QED) is 0.653. The first-order chi connectivity index (χ1) is 9.95. The molecule has 1 aromatic carbocycles. The Hall–Kier alpha value is -1.89. The van der Waals surface area contributed by atoms with Crippen LogP contribution in [0.3, 0.4) is 0 Å². The zero-order valence-corrected chi connectivity index (χ0v) is 13.4. The highest BCUT2D eigenvalue weighted by Crippen LogP contribution is 2.36. The molecule has 1 aliphatic heterocycles. The first kappa shape index (κ1) is 15.5. The molecule has 112 valence electrons. The van der Waals surface area contributed by atoms with Gasteiger partial charge in [-0.15, -0.1) is 0 Å². The second-order valence-corrected chi connectivity index (χ2v) is 5.84. The molecule has 7 heteroatoms. The van der Waals surface area contributed by atoms with Crippen molar-refractivity contribution < 1.29 is 14.4 Å². The summed E-state index contributed by atoms with van der Waals surface area (Å²) >= 11 is 3.45. The molecule has 1 saturated heterocycles. The van der Waals surface area contributed by atoms with Gasteiger partial charge in [0.05, 0.1) is 11.4 Å². The van der Waals surface area contributed by atoms with E-state index in [0.717, 1.165) is 10.2 Å². The van der Waals surface area contributed by atoms with Crippen LogP contribution in [0, 0.1) is 0 Å². The van der Waals surface area contributed by atoms with Crippen LogP contribution < -0.4 is 15.1 Å². The van der Waals surface area contributed by atoms with Gasteiger partial charge in [-0.2, -0.15) is 0 Å². The van der Waals surface area contributed by atoms with Crippen LogP contribution in [0.25, 0.3) is 0 Å². The lowest BCUT2D eigenvalue weighted by Gasteiger charge is -2.32. The van der Waals surface area contributed by atoms with Gasteiger partial charge in [-0.1, -0.05) is 6.07 Å². The van der Waals surface area contributed by atoms with Gasteiger partial charge in [-0.3, -0.25) is 19.7 Å². The molecular weight excluding hydrogens is 338 g/mol. The number of halogens is 1. The van der Waals surface area contributed by atoms with Gasteiger partial charge in [0, 0.05) is 25.0 Å². The molecule has 1 aromatic rings. The van der Waals surface area contributed by atoms with Crippen molar-refractivity contribution in [3.8, 4) is 0 Å². The number of carbonyl (C=O) groups is 3. The topological polar surface area (TPSA) is 69.7 Å². The van der Waals surface area contributed by atoms with E-state index in [4.69, 9.17) is 0 Å². The maximum atomic E-state index is 12.0. The number of benzene rings is 1. The molecule has 0 radical (unpaired) electrons. The number of carbonyl (C=O) groups excluding carboxylic acids is 3. The molecule has 1 fully saturated rings. The molecule has 21 heavy (non-hydrogen) atoms. The van der Waals surface area contributed by atoms with Crippen molar-refractivity contribution in [1.29, 1.82) is 0 Å². The van der Waals surface area contributed by atoms with E-state index >= 15 is 0 Å². The Morgan fingerprint density at radius 2 is 2.05 bits per heavy atom. The summed E-state index contributed by atoms with van der Waals surface area (Å²) in [5.74, 6) is -0.743. The van der Waals surface area contributed by atoms with E-state index < -0.39 is 11.9 Å². The van der Waals surface area contributed by atoms with Crippen molar-refractivity contribution >= 4 is 45.5 Å². The molecule has 1 atom stereocenters. The van der Waals surface area contributed by atoms with E-state index in [9.17, 15) is 14.4 Å². The summed E-state index contributed by atoms with van der Waals surface area (Å²) in [4.78, 5) is 38.0. The Morgan fingerprint density at radius 1 is 1.33 bits per heavy atom. The Morgan fingerprint density at radius 3 is 2.62 bits per heavy atom. The third kappa shape index (κ3) is 3.07. The smallest absolute Gasteiger partial charge is 0.249 e. The normalized spacial score (nSPS) is 18.1. The predicted molar refractivity (Wildman–Crippen MR) is 83.2 cm³/mol. The second kappa shape index (κ2) is 6.26. The number of nitrogens with zero attached hydrogens (tertiary/aromatic N) is 2. The van der Waals surface area contributed by atoms with Crippen LogP contribution in [0.1, 0.15) is 12.8 Å². The molecule has 2 rings (SSSR count). The van der Waals surface area contributed by atoms with Crippen LogP contribution in [-0.4, -0.2) is 38.4 Å². The van der Waals surface area contributed by atoms with Gasteiger partial charge in [0.1, 0.15) is 6.04 Å². The molecule has 1 aliphatic rings. The molecule has 0 aromatic heterocycles. The average molecular weight is 354 g/mol. The van der Waals surface area contributed by atoms with E-state index in [-0.39, 0.29) is 12.3 Å². The molecule has 3 amide bonds. The maximum Gasteiger partial charge on any atom is 0.249 e. The van der Waals surface area contributed by atoms with Gasteiger partial charge in [-0.05, 0) is 34.5 Å². The molecule has 1 N–H and O–H groups in total. The molecular formula is C14H16BrN3O3. The van der Waals surface area contributed by atoms with E-state index in [0.29, 0.717) is 18.5 Å². The Kier molecular flexibility index (Phi) is 4.62. The molecule has 6 nitrogen and oxygen atoms in total. The number of rotatable bonds is 4. The predicted octanol–water partition coefficient (Wildman–Crippen LogP) is 1.28. The van der Waals surface area contributed by atoms with Gasteiger partial charge in [0.2, 0.25) is 18.2 Å². The minimum absolute atomic E-state index is 0.228. The lowest BCUT2D eigenvalue weighted by Crippen LogP contribution is -2.52. The van der Waals surface area contributed by atoms with Crippen LogP contribution >= 0.6 is 15.9 Å². The molecule has 1 heterocycles. The minimum Gasteiger partial charge on any atom is -0.375 e. The van der Waals surface area contributed by atoms with Crippen molar-refractivity contribution in [2.24, 2.45) is 0 Å². The summed E-state index contributed by atoms with van der Waals surface area (Å²) in [6, 6.07) is 4.77. The molecule has 0 saturated carbocycles. The summed E-state index contributed by atoms with van der Waals surface area (Å²) in [6.45, 7) is 0. The Balaban J connectivity index is 2.43. The zero-order chi connectivity index (χ0) is 15.6. The number of hydrogen-bond donors (Lipinski definition) is 1. The maximum absolute atomic E-state index is 12.0. The molecule has 0 bridgehead atoms. The SMILES string of the molecule is CN(C)c1c(Br)cccc1N(C=O)C1CCC(=O)NC1=O. The highest BCUT2D eigenvalue weighted by atomic mass is 79.9. The van der Waals surface area contributed by atoms with Gasteiger partial charge < -0.3 is 9.80 Å². The lowest BCUT2D eigenvalue weighted by molar-refractivity contribution is -0.134. The third-order valence-corrected chi connectivity index (χ3v) is 3.99. The van der Waals surface area contributed by atoms with Crippen molar-refractivity contribution in [1.82, 2.24) is 5.32 Å².